The van der Waals surface area contributed by atoms with Crippen LogP contribution in [0.1, 0.15) is 336 Å². The third kappa shape index (κ3) is 68.4. The van der Waals surface area contributed by atoms with Crippen LogP contribution in [0.2, 0.25) is 0 Å². The molecule has 0 spiro atoms. The van der Waals surface area contributed by atoms with Gasteiger partial charge in [0.15, 0.2) is 0 Å². The van der Waals surface area contributed by atoms with Crippen molar-refractivity contribution in [2.75, 3.05) is 23.0 Å². The minimum atomic E-state index is -3.27. The molecule has 0 bridgehead atoms. The van der Waals surface area contributed by atoms with Gasteiger partial charge in [-0.05, 0) is 25.7 Å². The molecule has 0 aliphatic rings. The first-order chi connectivity index (χ1) is 32.2. The fraction of sp³-hybridized carbons (Fsp3) is 1.00. The molecule has 0 aromatic rings. The van der Waals surface area contributed by atoms with E-state index >= 15 is 0 Å². The number of hydrogen-bond donors (Lipinski definition) is 0. The summed E-state index contributed by atoms with van der Waals surface area (Å²) in [4.78, 5) is 24.4. The Bertz CT molecular complexity index is 857. The second-order valence-corrected chi connectivity index (χ2v) is 34.5. The molecule has 67 heavy (non-hydrogen) atoms. The van der Waals surface area contributed by atoms with Gasteiger partial charge in [0, 0.05) is 23.0 Å². The van der Waals surface area contributed by atoms with E-state index in [1.165, 1.54) is 328 Å². The van der Waals surface area contributed by atoms with E-state index in [1.807, 2.05) is 0 Å². The van der Waals surface area contributed by atoms with Crippen LogP contribution in [0.4, 0.5) is 0 Å². The summed E-state index contributed by atoms with van der Waals surface area (Å²) in [5.41, 5.74) is 0. The van der Waals surface area contributed by atoms with Gasteiger partial charge in [0.1, 0.15) is 11.5 Å². The van der Waals surface area contributed by atoms with Crippen LogP contribution in [0.3, 0.4) is 0 Å². The summed E-state index contributed by atoms with van der Waals surface area (Å²) in [7, 11) is 0. The van der Waals surface area contributed by atoms with Crippen molar-refractivity contribution in [1.29, 1.82) is 0 Å². The van der Waals surface area contributed by atoms with Gasteiger partial charge in [-0.1, -0.05) is 310 Å². The van der Waals surface area contributed by atoms with Crippen LogP contribution >= 0.6 is 57.1 Å². The van der Waals surface area contributed by atoms with Gasteiger partial charge in [0.2, 0.25) is 0 Å². The van der Waals surface area contributed by atoms with Gasteiger partial charge >= 0.3 is 19.5 Å². The molecule has 0 aliphatic carbocycles. The summed E-state index contributed by atoms with van der Waals surface area (Å²) in [5, 5.41) is 0. The fourth-order valence-corrected chi connectivity index (χ4v) is 19.6. The maximum atomic E-state index is 12.2. The van der Waals surface area contributed by atoms with Gasteiger partial charge in [0.25, 0.3) is 0 Å². The topological polar surface area (TPSA) is 80.3 Å². The first-order valence-corrected chi connectivity index (χ1v) is 39.1. The monoisotopic (exact) mass is 1110 g/mol. The van der Waals surface area contributed by atoms with Crippen molar-refractivity contribution in [3.63, 3.8) is 0 Å². The Labute approximate surface area is 451 Å². The number of hydrogen-bond acceptors (Lipinski definition) is 8. The summed E-state index contributed by atoms with van der Waals surface area (Å²) in [6.45, 7) is 9.09. The summed E-state index contributed by atoms with van der Waals surface area (Å²) in [6.07, 6.45) is 63.7. The van der Waals surface area contributed by atoms with E-state index < -0.39 is 11.5 Å². The van der Waals surface area contributed by atoms with Crippen LogP contribution < -0.4 is 9.79 Å². The van der Waals surface area contributed by atoms with Crippen molar-refractivity contribution in [2.45, 2.75) is 336 Å². The molecule has 0 radical (unpaired) electrons. The Hall–Kier alpha value is 2.40. The van der Waals surface area contributed by atoms with E-state index in [-0.39, 0.29) is 19.5 Å². The molecule has 0 aliphatic heterocycles. The van der Waals surface area contributed by atoms with E-state index in [1.54, 1.807) is 0 Å². The largest absolute Gasteiger partial charge is 2.00 e. The molecule has 0 saturated carbocycles. The molecule has 11 heteroatoms. The van der Waals surface area contributed by atoms with Crippen molar-refractivity contribution in [3.8, 4) is 0 Å². The number of rotatable bonds is 56. The van der Waals surface area contributed by atoms with Gasteiger partial charge < -0.3 is 18.9 Å². The van der Waals surface area contributed by atoms with Crippen LogP contribution in [0, 0.1) is 0 Å². The molecule has 0 heterocycles. The van der Waals surface area contributed by atoms with E-state index in [0.717, 1.165) is 48.7 Å². The molecule has 0 aromatic carbocycles. The van der Waals surface area contributed by atoms with Gasteiger partial charge in [-0.2, -0.15) is 0 Å². The van der Waals surface area contributed by atoms with Crippen LogP contribution in [0.15, 0.2) is 0 Å². The Morgan fingerprint density at radius 3 is 0.448 bits per heavy atom. The standard InChI is InChI=1S/2C28H59O2PS2.Zn/c2*1-3-5-7-9-11-13-15-17-19-21-23-25-27-32-31(29,30)33-28-26-24-22-20-18-16-14-12-10-8-6-4-2;/h2*3-28H2,1-2H3,(H,29,30);/q;;+2/p-2. The summed E-state index contributed by atoms with van der Waals surface area (Å²) in [5.74, 6) is -3.42. The van der Waals surface area contributed by atoms with Crippen LogP contribution in [0.5, 0.6) is 0 Å². The predicted octanol–water partition coefficient (Wildman–Crippen LogP) is 22.6. The zero-order valence-corrected chi connectivity index (χ0v) is 53.7. The minimum Gasteiger partial charge on any atom is -0.784 e. The molecule has 400 valence electrons. The average Bonchev–Trinajstić information content (AvgIpc) is 3.30. The zero-order valence-electron chi connectivity index (χ0n) is 45.6. The van der Waals surface area contributed by atoms with Crippen molar-refractivity contribution < 1.29 is 38.4 Å². The molecular weight excluding hydrogens is 992 g/mol. The molecule has 0 fully saturated rings. The zero-order chi connectivity index (χ0) is 48.6. The minimum absolute atomic E-state index is 0. The third-order valence-electron chi connectivity index (χ3n) is 13.0. The van der Waals surface area contributed by atoms with Crippen molar-refractivity contribution in [1.82, 2.24) is 0 Å². The van der Waals surface area contributed by atoms with Crippen molar-refractivity contribution in [3.05, 3.63) is 0 Å². The van der Waals surface area contributed by atoms with Crippen LogP contribution in [-0.2, 0) is 28.6 Å². The third-order valence-corrected chi connectivity index (χ3v) is 25.9. The molecule has 0 N–H and O–H groups in total. The summed E-state index contributed by atoms with van der Waals surface area (Å²) < 4.78 is 24.4. The van der Waals surface area contributed by atoms with E-state index in [2.05, 4.69) is 27.7 Å². The Balaban J connectivity index is -0.00000120. The first-order valence-electron chi connectivity index (χ1n) is 29.4. The SMILES string of the molecule is CCCCCCCCCCCCCCSP(=O)([O-])SCCCCCCCCCCCCCC.CCCCCCCCCCCCCCSP(=O)([O-])SCCCCCCCCCCCCCC.[Zn+2]. The molecule has 0 atom stereocenters. The maximum Gasteiger partial charge on any atom is 2.00 e. The van der Waals surface area contributed by atoms with Crippen LogP contribution in [0.25, 0.3) is 0 Å². The second kappa shape index (κ2) is 62.7. The van der Waals surface area contributed by atoms with E-state index in [4.69, 9.17) is 0 Å². The Morgan fingerprint density at radius 1 is 0.224 bits per heavy atom. The molecular formula is C56H116O4P2S4Zn. The van der Waals surface area contributed by atoms with Crippen molar-refractivity contribution >= 4 is 57.1 Å². The first kappa shape index (κ1) is 73.6. The smallest absolute Gasteiger partial charge is 0.784 e. The molecule has 0 aromatic heterocycles. The predicted molar refractivity (Wildman–Crippen MR) is 309 cm³/mol. The van der Waals surface area contributed by atoms with Gasteiger partial charge in [-0.15, -0.1) is 45.5 Å². The number of unbranched alkanes of at least 4 members (excludes halogenated alkanes) is 44. The molecule has 0 rings (SSSR count). The maximum absolute atomic E-state index is 12.2. The summed E-state index contributed by atoms with van der Waals surface area (Å²) in [6, 6.07) is 0. The van der Waals surface area contributed by atoms with Gasteiger partial charge in [-0.25, -0.2) is 0 Å². The second-order valence-electron chi connectivity index (χ2n) is 19.8. The van der Waals surface area contributed by atoms with Gasteiger partial charge in [-0.3, -0.25) is 0 Å². The summed E-state index contributed by atoms with van der Waals surface area (Å²) >= 11 is 4.83. The van der Waals surface area contributed by atoms with Gasteiger partial charge in [0.05, 0.1) is 0 Å². The average molecular weight is 1110 g/mol. The Kier molecular flexibility index (Phi) is 68.9. The molecule has 0 unspecified atom stereocenters. The van der Waals surface area contributed by atoms with E-state index in [0.29, 0.717) is 0 Å². The molecule has 0 saturated heterocycles. The molecule has 0 amide bonds. The quantitative estimate of drug-likeness (QED) is 0.0339. The molecule has 4 nitrogen and oxygen atoms in total. The fourth-order valence-electron chi connectivity index (χ4n) is 8.55. The van der Waals surface area contributed by atoms with Crippen molar-refractivity contribution in [2.24, 2.45) is 0 Å². The Morgan fingerprint density at radius 2 is 0.328 bits per heavy atom. The normalized spacial score (nSPS) is 11.8. The van der Waals surface area contributed by atoms with Crippen LogP contribution in [-0.4, -0.2) is 23.0 Å². The van der Waals surface area contributed by atoms with E-state index in [9.17, 15) is 18.9 Å².